The van der Waals surface area contributed by atoms with E-state index in [0.29, 0.717) is 0 Å². The number of ether oxygens (including phenoxy) is 1. The van der Waals surface area contributed by atoms with Gasteiger partial charge < -0.3 is 9.64 Å². The molecule has 1 saturated heterocycles. The number of aryl methyl sites for hydroxylation is 1. The van der Waals surface area contributed by atoms with Crippen LogP contribution in [0.5, 0.6) is 5.75 Å². The maximum Gasteiger partial charge on any atom is 0.119 e. The van der Waals surface area contributed by atoms with E-state index in [2.05, 4.69) is 48.2 Å². The third kappa shape index (κ3) is 4.64. The summed E-state index contributed by atoms with van der Waals surface area (Å²) in [4.78, 5) is 2.68. The summed E-state index contributed by atoms with van der Waals surface area (Å²) < 4.78 is 5.33. The van der Waals surface area contributed by atoms with E-state index >= 15 is 0 Å². The van der Waals surface area contributed by atoms with Gasteiger partial charge in [0.25, 0.3) is 0 Å². The molecular formula is C21H30ClNO. The number of likely N-dealkylation sites (tertiary alicyclic amines) is 1. The van der Waals surface area contributed by atoms with Crippen molar-refractivity contribution in [3.05, 3.63) is 42.0 Å². The number of halogens is 1. The summed E-state index contributed by atoms with van der Waals surface area (Å²) in [5, 5.41) is 2.66. The highest BCUT2D eigenvalue weighted by Crippen LogP contribution is 2.25. The second kappa shape index (κ2) is 9.29. The molecule has 132 valence electrons. The highest BCUT2D eigenvalue weighted by atomic mass is 35.5. The fraction of sp³-hybridized carbons (Fsp3) is 0.524. The van der Waals surface area contributed by atoms with Crippen LogP contribution in [-0.4, -0.2) is 31.1 Å². The number of piperidine rings is 1. The lowest BCUT2D eigenvalue weighted by Gasteiger charge is -2.33. The fourth-order valence-corrected chi connectivity index (χ4v) is 3.79. The zero-order valence-corrected chi connectivity index (χ0v) is 15.8. The zero-order chi connectivity index (χ0) is 16.1. The van der Waals surface area contributed by atoms with Crippen molar-refractivity contribution in [2.45, 2.75) is 51.5 Å². The van der Waals surface area contributed by atoms with Crippen molar-refractivity contribution in [1.82, 2.24) is 4.90 Å². The number of hydrogen-bond donors (Lipinski definition) is 0. The topological polar surface area (TPSA) is 12.5 Å². The zero-order valence-electron chi connectivity index (χ0n) is 15.0. The van der Waals surface area contributed by atoms with Crippen LogP contribution in [0.3, 0.4) is 0 Å². The molecule has 0 unspecified atom stereocenters. The molecule has 1 aliphatic rings. The summed E-state index contributed by atoms with van der Waals surface area (Å²) in [6.07, 6.45) is 7.93. The Morgan fingerprint density at radius 2 is 2.00 bits per heavy atom. The molecule has 1 heterocycles. The first-order valence-corrected chi connectivity index (χ1v) is 9.07. The van der Waals surface area contributed by atoms with E-state index in [1.807, 2.05) is 0 Å². The Hall–Kier alpha value is -1.25. The number of rotatable bonds is 6. The van der Waals surface area contributed by atoms with E-state index in [0.717, 1.165) is 11.8 Å². The Morgan fingerprint density at radius 3 is 2.79 bits per heavy atom. The van der Waals surface area contributed by atoms with Crippen molar-refractivity contribution in [3.63, 3.8) is 0 Å². The minimum atomic E-state index is 0. The van der Waals surface area contributed by atoms with Crippen molar-refractivity contribution in [2.24, 2.45) is 0 Å². The molecule has 3 heteroatoms. The lowest BCUT2D eigenvalue weighted by Crippen LogP contribution is -2.38. The SMILES string of the molecule is COc1ccc2c(CCCCN3CCCC[C@H]3C)cccc2c1.Cl. The van der Waals surface area contributed by atoms with Crippen molar-refractivity contribution in [1.29, 1.82) is 0 Å². The van der Waals surface area contributed by atoms with Gasteiger partial charge in [0, 0.05) is 6.04 Å². The average Bonchev–Trinajstić information content (AvgIpc) is 2.59. The molecule has 24 heavy (non-hydrogen) atoms. The third-order valence-electron chi connectivity index (χ3n) is 5.26. The monoisotopic (exact) mass is 347 g/mol. The normalized spacial score (nSPS) is 18.3. The van der Waals surface area contributed by atoms with Gasteiger partial charge >= 0.3 is 0 Å². The molecule has 1 aliphatic heterocycles. The molecule has 0 spiro atoms. The number of hydrogen-bond acceptors (Lipinski definition) is 2. The summed E-state index contributed by atoms with van der Waals surface area (Å²) in [6, 6.07) is 13.8. The minimum absolute atomic E-state index is 0. The summed E-state index contributed by atoms with van der Waals surface area (Å²) in [5.41, 5.74) is 1.47. The molecule has 1 fully saturated rings. The minimum Gasteiger partial charge on any atom is -0.497 e. The van der Waals surface area contributed by atoms with Crippen LogP contribution >= 0.6 is 12.4 Å². The molecule has 0 amide bonds. The Morgan fingerprint density at radius 1 is 1.12 bits per heavy atom. The lowest BCUT2D eigenvalue weighted by molar-refractivity contribution is 0.158. The third-order valence-corrected chi connectivity index (χ3v) is 5.26. The standard InChI is InChI=1S/C21H29NO.ClH/c1-17-8-3-5-14-22(17)15-6-4-9-18-10-7-11-19-16-20(23-2)12-13-21(18)19;/h7,10-13,16-17H,3-6,8-9,14-15H2,1-2H3;1H/t17-;/m1./s1. The fourth-order valence-electron chi connectivity index (χ4n) is 3.79. The first-order valence-electron chi connectivity index (χ1n) is 9.07. The van der Waals surface area contributed by atoms with E-state index < -0.39 is 0 Å². The number of unbranched alkanes of at least 4 members (excludes halogenated alkanes) is 1. The number of fused-ring (bicyclic) bond motifs is 1. The molecule has 2 aromatic carbocycles. The molecule has 0 N–H and O–H groups in total. The van der Waals surface area contributed by atoms with Gasteiger partial charge in [0.05, 0.1) is 7.11 Å². The molecule has 0 aromatic heterocycles. The van der Waals surface area contributed by atoms with E-state index in [1.165, 1.54) is 68.0 Å². The van der Waals surface area contributed by atoms with Gasteiger partial charge in [0.15, 0.2) is 0 Å². The van der Waals surface area contributed by atoms with E-state index in [1.54, 1.807) is 7.11 Å². The molecule has 3 rings (SSSR count). The molecule has 2 nitrogen and oxygen atoms in total. The van der Waals surface area contributed by atoms with Crippen LogP contribution in [0.2, 0.25) is 0 Å². The number of methoxy groups -OCH3 is 1. The van der Waals surface area contributed by atoms with Crippen LogP contribution in [0.15, 0.2) is 36.4 Å². The van der Waals surface area contributed by atoms with Gasteiger partial charge in [-0.25, -0.2) is 0 Å². The molecule has 0 saturated carbocycles. The second-order valence-corrected chi connectivity index (χ2v) is 6.84. The number of benzene rings is 2. The first-order chi connectivity index (χ1) is 11.3. The first kappa shape index (κ1) is 19.1. The highest BCUT2D eigenvalue weighted by molar-refractivity contribution is 5.87. The maximum absolute atomic E-state index is 5.33. The average molecular weight is 348 g/mol. The Kier molecular flexibility index (Phi) is 7.39. The van der Waals surface area contributed by atoms with Crippen LogP contribution in [0.1, 0.15) is 44.6 Å². The molecule has 0 bridgehead atoms. The summed E-state index contributed by atoms with van der Waals surface area (Å²) in [6.45, 7) is 4.95. The Balaban J connectivity index is 0.00000208. The predicted molar refractivity (Wildman–Crippen MR) is 106 cm³/mol. The maximum atomic E-state index is 5.33. The van der Waals surface area contributed by atoms with Crippen LogP contribution in [-0.2, 0) is 6.42 Å². The summed E-state index contributed by atoms with van der Waals surface area (Å²) >= 11 is 0. The highest BCUT2D eigenvalue weighted by Gasteiger charge is 2.17. The molecule has 2 aromatic rings. The van der Waals surface area contributed by atoms with Gasteiger partial charge in [-0.1, -0.05) is 30.7 Å². The van der Waals surface area contributed by atoms with E-state index in [4.69, 9.17) is 4.74 Å². The second-order valence-electron chi connectivity index (χ2n) is 6.84. The molecule has 0 radical (unpaired) electrons. The quantitative estimate of drug-likeness (QED) is 0.642. The Bertz CT molecular complexity index is 643. The lowest BCUT2D eigenvalue weighted by atomic mass is 9.99. The number of nitrogens with zero attached hydrogens (tertiary/aromatic N) is 1. The van der Waals surface area contributed by atoms with Crippen molar-refractivity contribution < 1.29 is 4.74 Å². The van der Waals surface area contributed by atoms with Crippen molar-refractivity contribution in [3.8, 4) is 5.75 Å². The van der Waals surface area contributed by atoms with Crippen LogP contribution < -0.4 is 4.74 Å². The van der Waals surface area contributed by atoms with Gasteiger partial charge in [-0.3, -0.25) is 0 Å². The van der Waals surface area contributed by atoms with Crippen molar-refractivity contribution >= 4 is 23.2 Å². The van der Waals surface area contributed by atoms with Gasteiger partial charge in [0.1, 0.15) is 5.75 Å². The smallest absolute Gasteiger partial charge is 0.119 e. The van der Waals surface area contributed by atoms with Crippen molar-refractivity contribution in [2.75, 3.05) is 20.2 Å². The van der Waals surface area contributed by atoms with Gasteiger partial charge in [-0.2, -0.15) is 0 Å². The van der Waals surface area contributed by atoms with Gasteiger partial charge in [-0.05, 0) is 80.6 Å². The molecule has 1 atom stereocenters. The van der Waals surface area contributed by atoms with Crippen LogP contribution in [0, 0.1) is 0 Å². The van der Waals surface area contributed by atoms with E-state index in [-0.39, 0.29) is 12.4 Å². The molecular weight excluding hydrogens is 318 g/mol. The van der Waals surface area contributed by atoms with Crippen LogP contribution in [0.25, 0.3) is 10.8 Å². The van der Waals surface area contributed by atoms with Crippen LogP contribution in [0.4, 0.5) is 0 Å². The largest absolute Gasteiger partial charge is 0.497 e. The molecule has 0 aliphatic carbocycles. The van der Waals surface area contributed by atoms with Gasteiger partial charge in [0.2, 0.25) is 0 Å². The predicted octanol–water partition coefficient (Wildman–Crippen LogP) is 5.47. The summed E-state index contributed by atoms with van der Waals surface area (Å²) in [5.74, 6) is 0.939. The summed E-state index contributed by atoms with van der Waals surface area (Å²) in [7, 11) is 1.73. The Labute approximate surface area is 152 Å². The van der Waals surface area contributed by atoms with Gasteiger partial charge in [-0.15, -0.1) is 12.4 Å². The van der Waals surface area contributed by atoms with E-state index in [9.17, 15) is 0 Å².